The lowest BCUT2D eigenvalue weighted by Crippen LogP contribution is -2.44. The van der Waals surface area contributed by atoms with E-state index < -0.39 is 0 Å². The van der Waals surface area contributed by atoms with Gasteiger partial charge in [-0.05, 0) is 37.0 Å². The Kier molecular flexibility index (Phi) is 7.24. The van der Waals surface area contributed by atoms with E-state index in [1.54, 1.807) is 0 Å². The van der Waals surface area contributed by atoms with Gasteiger partial charge in [-0.15, -0.1) is 0 Å². The van der Waals surface area contributed by atoms with Gasteiger partial charge in [0, 0.05) is 17.1 Å². The van der Waals surface area contributed by atoms with E-state index in [-0.39, 0.29) is 18.0 Å². The van der Waals surface area contributed by atoms with E-state index in [4.69, 9.17) is 0 Å². The molecule has 112 valence electrons. The molecule has 20 heavy (non-hydrogen) atoms. The van der Waals surface area contributed by atoms with Gasteiger partial charge < -0.3 is 5.32 Å². The number of hydrogen-bond acceptors (Lipinski definition) is 2. The van der Waals surface area contributed by atoms with Crippen LogP contribution in [0.15, 0.2) is 28.7 Å². The Balaban J connectivity index is 2.59. The summed E-state index contributed by atoms with van der Waals surface area (Å²) in [5, 5.41) is 6.36. The summed E-state index contributed by atoms with van der Waals surface area (Å²) in [6.45, 7) is 8.94. The minimum Gasteiger partial charge on any atom is -0.354 e. The molecule has 0 radical (unpaired) electrons. The number of halogens is 1. The van der Waals surface area contributed by atoms with Crippen molar-refractivity contribution >= 4 is 21.8 Å². The first-order chi connectivity index (χ1) is 9.43. The van der Waals surface area contributed by atoms with E-state index in [1.165, 1.54) is 5.56 Å². The Bertz CT molecular complexity index is 417. The molecule has 4 heteroatoms. The minimum atomic E-state index is -0.192. The molecule has 2 unspecified atom stereocenters. The second-order valence-corrected chi connectivity index (χ2v) is 6.46. The van der Waals surface area contributed by atoms with Gasteiger partial charge in [0.1, 0.15) is 0 Å². The maximum absolute atomic E-state index is 12.0. The first kappa shape index (κ1) is 17.2. The highest BCUT2D eigenvalue weighted by atomic mass is 79.9. The first-order valence-corrected chi connectivity index (χ1v) is 8.02. The smallest absolute Gasteiger partial charge is 0.236 e. The summed E-state index contributed by atoms with van der Waals surface area (Å²) in [6.07, 6.45) is 0.948. The average Bonchev–Trinajstić information content (AvgIpc) is 2.42. The van der Waals surface area contributed by atoms with Crippen LogP contribution in [-0.4, -0.2) is 18.5 Å². The molecule has 3 nitrogen and oxygen atoms in total. The van der Waals surface area contributed by atoms with Gasteiger partial charge in [0.15, 0.2) is 0 Å². The predicted molar refractivity (Wildman–Crippen MR) is 87.6 cm³/mol. The molecule has 0 saturated carbocycles. The Labute approximate surface area is 130 Å². The molecule has 0 spiro atoms. The maximum Gasteiger partial charge on any atom is 0.236 e. The van der Waals surface area contributed by atoms with Gasteiger partial charge in [-0.25, -0.2) is 0 Å². The van der Waals surface area contributed by atoms with E-state index in [9.17, 15) is 4.79 Å². The van der Waals surface area contributed by atoms with Gasteiger partial charge in [-0.3, -0.25) is 10.1 Å². The van der Waals surface area contributed by atoms with Gasteiger partial charge in [0.25, 0.3) is 0 Å². The van der Waals surface area contributed by atoms with Gasteiger partial charge in [0.05, 0.1) is 6.04 Å². The monoisotopic (exact) mass is 340 g/mol. The Morgan fingerprint density at radius 1 is 1.20 bits per heavy atom. The molecule has 0 bridgehead atoms. The van der Waals surface area contributed by atoms with Crippen molar-refractivity contribution in [3.8, 4) is 0 Å². The molecule has 1 aromatic carbocycles. The summed E-state index contributed by atoms with van der Waals surface area (Å²) in [5.74, 6) is 0.536. The summed E-state index contributed by atoms with van der Waals surface area (Å²) >= 11 is 3.44. The molecular weight excluding hydrogens is 316 g/mol. The molecule has 0 saturated heterocycles. The third kappa shape index (κ3) is 5.63. The van der Waals surface area contributed by atoms with Crippen LogP contribution in [0.1, 0.15) is 45.7 Å². The second-order valence-electron chi connectivity index (χ2n) is 5.54. The number of carbonyl (C=O) groups excluding carboxylic acids is 1. The normalized spacial score (nSPS) is 14.1. The van der Waals surface area contributed by atoms with Crippen molar-refractivity contribution in [3.63, 3.8) is 0 Å². The number of hydrogen-bond donors (Lipinski definition) is 2. The van der Waals surface area contributed by atoms with Gasteiger partial charge >= 0.3 is 0 Å². The van der Waals surface area contributed by atoms with Crippen LogP contribution in [0.4, 0.5) is 0 Å². The highest BCUT2D eigenvalue weighted by Crippen LogP contribution is 2.19. The Morgan fingerprint density at radius 3 is 2.30 bits per heavy atom. The Morgan fingerprint density at radius 2 is 1.80 bits per heavy atom. The summed E-state index contributed by atoms with van der Waals surface area (Å²) in [7, 11) is 0. The van der Waals surface area contributed by atoms with Crippen LogP contribution in [0, 0.1) is 5.92 Å². The van der Waals surface area contributed by atoms with Crippen LogP contribution in [0.25, 0.3) is 0 Å². The minimum absolute atomic E-state index is 0.0641. The van der Waals surface area contributed by atoms with Crippen LogP contribution in [0.5, 0.6) is 0 Å². The van der Waals surface area contributed by atoms with Crippen LogP contribution >= 0.6 is 15.9 Å². The fraction of sp³-hybridized carbons (Fsp3) is 0.562. The lowest BCUT2D eigenvalue weighted by atomic mass is 10.0. The van der Waals surface area contributed by atoms with Crippen molar-refractivity contribution in [3.05, 3.63) is 34.3 Å². The summed E-state index contributed by atoms with van der Waals surface area (Å²) < 4.78 is 1.07. The zero-order chi connectivity index (χ0) is 15.1. The van der Waals surface area contributed by atoms with Gasteiger partial charge in [0.2, 0.25) is 5.91 Å². The van der Waals surface area contributed by atoms with Gasteiger partial charge in [-0.1, -0.05) is 48.8 Å². The molecule has 1 aromatic rings. The number of rotatable bonds is 7. The molecular formula is C16H25BrN2O. The lowest BCUT2D eigenvalue weighted by molar-refractivity contribution is -0.123. The topological polar surface area (TPSA) is 41.1 Å². The predicted octanol–water partition coefficient (Wildman–Crippen LogP) is 3.65. The largest absolute Gasteiger partial charge is 0.354 e. The van der Waals surface area contributed by atoms with Gasteiger partial charge in [-0.2, -0.15) is 0 Å². The van der Waals surface area contributed by atoms with Crippen LogP contribution < -0.4 is 10.6 Å². The second kappa shape index (κ2) is 8.42. The third-order valence-electron chi connectivity index (χ3n) is 3.21. The Hall–Kier alpha value is -0.870. The van der Waals surface area contributed by atoms with Crippen molar-refractivity contribution in [2.24, 2.45) is 5.92 Å². The first-order valence-electron chi connectivity index (χ1n) is 7.23. The van der Waals surface area contributed by atoms with E-state index in [1.807, 2.05) is 19.1 Å². The lowest BCUT2D eigenvalue weighted by Gasteiger charge is -2.22. The number of carbonyl (C=O) groups is 1. The molecule has 0 heterocycles. The number of amides is 1. The van der Waals surface area contributed by atoms with Crippen molar-refractivity contribution < 1.29 is 4.79 Å². The van der Waals surface area contributed by atoms with Crippen LogP contribution in [-0.2, 0) is 4.79 Å². The molecule has 0 aliphatic carbocycles. The van der Waals surface area contributed by atoms with Crippen molar-refractivity contribution in [2.75, 3.05) is 6.54 Å². The molecule has 0 aliphatic rings. The van der Waals surface area contributed by atoms with Crippen molar-refractivity contribution in [2.45, 2.75) is 46.2 Å². The fourth-order valence-corrected chi connectivity index (χ4v) is 2.24. The van der Waals surface area contributed by atoms with E-state index >= 15 is 0 Å². The molecule has 1 rings (SSSR count). The number of benzene rings is 1. The molecule has 2 atom stereocenters. The van der Waals surface area contributed by atoms with Crippen LogP contribution in [0.2, 0.25) is 0 Å². The zero-order valence-corrected chi connectivity index (χ0v) is 14.3. The zero-order valence-electron chi connectivity index (χ0n) is 12.7. The standard InChI is InChI=1S/C16H25BrN2O/c1-5-15(13-6-8-14(17)9-7-13)19-12(4)16(20)18-10-11(2)3/h6-9,11-12,15,19H,5,10H2,1-4H3,(H,18,20). The number of nitrogens with one attached hydrogen (secondary N) is 2. The molecule has 0 aliphatic heterocycles. The highest BCUT2D eigenvalue weighted by molar-refractivity contribution is 9.10. The average molecular weight is 341 g/mol. The van der Waals surface area contributed by atoms with E-state index in [0.717, 1.165) is 17.4 Å². The summed E-state index contributed by atoms with van der Waals surface area (Å²) in [5.41, 5.74) is 1.21. The molecule has 2 N–H and O–H groups in total. The van der Waals surface area contributed by atoms with Crippen LogP contribution in [0.3, 0.4) is 0 Å². The molecule has 1 amide bonds. The van der Waals surface area contributed by atoms with Crippen molar-refractivity contribution in [1.82, 2.24) is 10.6 Å². The summed E-state index contributed by atoms with van der Waals surface area (Å²) in [4.78, 5) is 12.0. The fourth-order valence-electron chi connectivity index (χ4n) is 1.98. The SMILES string of the molecule is CCC(NC(C)C(=O)NCC(C)C)c1ccc(Br)cc1. The van der Waals surface area contributed by atoms with E-state index in [2.05, 4.69) is 59.5 Å². The summed E-state index contributed by atoms with van der Waals surface area (Å²) in [6, 6.07) is 8.24. The molecule has 0 fully saturated rings. The quantitative estimate of drug-likeness (QED) is 0.795. The maximum atomic E-state index is 12.0. The van der Waals surface area contributed by atoms with Crippen molar-refractivity contribution in [1.29, 1.82) is 0 Å². The molecule has 0 aromatic heterocycles. The van der Waals surface area contributed by atoms with E-state index in [0.29, 0.717) is 5.92 Å². The third-order valence-corrected chi connectivity index (χ3v) is 3.74. The highest BCUT2D eigenvalue weighted by Gasteiger charge is 2.17.